The molecule has 94 valence electrons. The molecule has 0 aromatic heterocycles. The molecule has 0 bridgehead atoms. The molecule has 1 aliphatic rings. The van der Waals surface area contributed by atoms with Gasteiger partial charge in [-0.25, -0.2) is 0 Å². The van der Waals surface area contributed by atoms with Crippen LogP contribution in [0.3, 0.4) is 0 Å². The molecular weight excluding hydrogens is 214 g/mol. The number of anilines is 1. The minimum Gasteiger partial charge on any atom is -0.489 e. The predicted molar refractivity (Wildman–Crippen MR) is 69.6 cm³/mol. The molecule has 1 fully saturated rings. The third-order valence-corrected chi connectivity index (χ3v) is 3.04. The number of methoxy groups -OCH3 is 1. The summed E-state index contributed by atoms with van der Waals surface area (Å²) in [6, 6.07) is 8.62. The Balaban J connectivity index is 1.96. The summed E-state index contributed by atoms with van der Waals surface area (Å²) in [7, 11) is 1.77. The maximum absolute atomic E-state index is 5.77. The molecule has 1 aromatic rings. The van der Waals surface area contributed by atoms with Gasteiger partial charge in [-0.2, -0.15) is 0 Å². The zero-order valence-electron chi connectivity index (χ0n) is 10.8. The second-order valence-corrected chi connectivity index (χ2v) is 4.83. The van der Waals surface area contributed by atoms with Crippen LogP contribution in [-0.2, 0) is 4.74 Å². The maximum Gasteiger partial charge on any atom is 0.142 e. The minimum absolute atomic E-state index is 0.200. The van der Waals surface area contributed by atoms with E-state index in [0.717, 1.165) is 24.3 Å². The molecule has 3 heteroatoms. The van der Waals surface area contributed by atoms with E-state index in [1.807, 2.05) is 32.0 Å². The summed E-state index contributed by atoms with van der Waals surface area (Å²) in [5, 5.41) is 3.51. The summed E-state index contributed by atoms with van der Waals surface area (Å²) in [5.41, 5.74) is 1.08. The highest BCUT2D eigenvalue weighted by Gasteiger charge is 2.29. The monoisotopic (exact) mass is 235 g/mol. The first-order valence-electron chi connectivity index (χ1n) is 6.24. The summed E-state index contributed by atoms with van der Waals surface area (Å²) < 4.78 is 11.1. The molecule has 0 amide bonds. The Morgan fingerprint density at radius 2 is 1.94 bits per heavy atom. The van der Waals surface area contributed by atoms with Crippen LogP contribution in [0.2, 0.25) is 0 Å². The van der Waals surface area contributed by atoms with Gasteiger partial charge in [-0.15, -0.1) is 0 Å². The van der Waals surface area contributed by atoms with Crippen molar-refractivity contribution in [3.8, 4) is 5.75 Å². The van der Waals surface area contributed by atoms with Crippen molar-refractivity contribution in [3.63, 3.8) is 0 Å². The fraction of sp³-hybridized carbons (Fsp3) is 0.571. The molecule has 2 rings (SSSR count). The lowest BCUT2D eigenvalue weighted by Gasteiger charge is -2.35. The topological polar surface area (TPSA) is 30.5 Å². The molecule has 0 aliphatic heterocycles. The van der Waals surface area contributed by atoms with Crippen LogP contribution in [0, 0.1) is 0 Å². The lowest BCUT2D eigenvalue weighted by Crippen LogP contribution is -2.40. The molecule has 0 spiro atoms. The van der Waals surface area contributed by atoms with E-state index in [1.54, 1.807) is 7.11 Å². The van der Waals surface area contributed by atoms with Gasteiger partial charge in [0.1, 0.15) is 5.75 Å². The van der Waals surface area contributed by atoms with Crippen molar-refractivity contribution in [2.75, 3.05) is 12.4 Å². The fourth-order valence-corrected chi connectivity index (χ4v) is 2.04. The number of para-hydroxylation sites is 2. The molecule has 1 aromatic carbocycles. The lowest BCUT2D eigenvalue weighted by atomic mass is 9.89. The van der Waals surface area contributed by atoms with Crippen LogP contribution >= 0.6 is 0 Å². The maximum atomic E-state index is 5.77. The van der Waals surface area contributed by atoms with Gasteiger partial charge >= 0.3 is 0 Å². The van der Waals surface area contributed by atoms with Gasteiger partial charge in [0.15, 0.2) is 0 Å². The Morgan fingerprint density at radius 1 is 1.24 bits per heavy atom. The molecule has 0 unspecified atom stereocenters. The average Bonchev–Trinajstić information content (AvgIpc) is 2.24. The van der Waals surface area contributed by atoms with Crippen molar-refractivity contribution in [2.24, 2.45) is 0 Å². The van der Waals surface area contributed by atoms with Gasteiger partial charge < -0.3 is 14.8 Å². The molecule has 1 aliphatic carbocycles. The van der Waals surface area contributed by atoms with Gasteiger partial charge in [0.25, 0.3) is 0 Å². The summed E-state index contributed by atoms with van der Waals surface area (Å²) in [4.78, 5) is 0. The fourth-order valence-electron chi connectivity index (χ4n) is 2.04. The van der Waals surface area contributed by atoms with Crippen molar-refractivity contribution < 1.29 is 9.47 Å². The Bertz CT molecular complexity index is 359. The third-order valence-electron chi connectivity index (χ3n) is 3.04. The number of hydrogen-bond acceptors (Lipinski definition) is 3. The number of ether oxygens (including phenoxy) is 2. The standard InChI is InChI=1S/C14H21NO2/c1-10(2)17-14-7-5-4-6-13(14)15-11-8-12(9-11)16-3/h4-7,10-12,15H,8-9H2,1-3H3. The minimum atomic E-state index is 0.200. The molecule has 1 N–H and O–H groups in total. The van der Waals surface area contributed by atoms with Crippen LogP contribution in [-0.4, -0.2) is 25.4 Å². The van der Waals surface area contributed by atoms with Crippen molar-refractivity contribution >= 4 is 5.69 Å². The molecule has 3 nitrogen and oxygen atoms in total. The van der Waals surface area contributed by atoms with Gasteiger partial charge in [-0.3, -0.25) is 0 Å². The Hall–Kier alpha value is -1.22. The predicted octanol–water partition coefficient (Wildman–Crippen LogP) is 3.06. The Kier molecular flexibility index (Phi) is 3.89. The second kappa shape index (κ2) is 5.41. The van der Waals surface area contributed by atoms with Crippen molar-refractivity contribution in [3.05, 3.63) is 24.3 Å². The highest BCUT2D eigenvalue weighted by molar-refractivity contribution is 5.57. The lowest BCUT2D eigenvalue weighted by molar-refractivity contribution is 0.0328. The molecule has 0 heterocycles. The van der Waals surface area contributed by atoms with E-state index in [4.69, 9.17) is 9.47 Å². The van der Waals surface area contributed by atoms with Gasteiger partial charge in [0, 0.05) is 13.2 Å². The highest BCUT2D eigenvalue weighted by atomic mass is 16.5. The summed E-state index contributed by atoms with van der Waals surface area (Å²) >= 11 is 0. The zero-order chi connectivity index (χ0) is 12.3. The molecule has 0 saturated heterocycles. The Labute approximate surface area is 103 Å². The van der Waals surface area contributed by atoms with E-state index in [-0.39, 0.29) is 6.10 Å². The van der Waals surface area contributed by atoms with E-state index in [9.17, 15) is 0 Å². The molecule has 17 heavy (non-hydrogen) atoms. The highest BCUT2D eigenvalue weighted by Crippen LogP contribution is 2.31. The van der Waals surface area contributed by atoms with Gasteiger partial charge in [-0.05, 0) is 38.8 Å². The summed E-state index contributed by atoms with van der Waals surface area (Å²) in [6.07, 6.45) is 2.77. The molecule has 0 radical (unpaired) electrons. The quantitative estimate of drug-likeness (QED) is 0.850. The third kappa shape index (κ3) is 3.13. The first kappa shape index (κ1) is 12.2. The normalized spacial score (nSPS) is 23.3. The summed E-state index contributed by atoms with van der Waals surface area (Å²) in [5.74, 6) is 0.934. The summed E-state index contributed by atoms with van der Waals surface area (Å²) in [6.45, 7) is 4.09. The Morgan fingerprint density at radius 3 is 2.59 bits per heavy atom. The largest absolute Gasteiger partial charge is 0.489 e. The zero-order valence-corrected chi connectivity index (χ0v) is 10.8. The number of nitrogens with one attached hydrogen (secondary N) is 1. The smallest absolute Gasteiger partial charge is 0.142 e. The van der Waals surface area contributed by atoms with Crippen LogP contribution in [0.4, 0.5) is 5.69 Å². The van der Waals surface area contributed by atoms with Crippen molar-refractivity contribution in [1.29, 1.82) is 0 Å². The first-order chi connectivity index (χ1) is 8.19. The van der Waals surface area contributed by atoms with Crippen LogP contribution in [0.1, 0.15) is 26.7 Å². The van der Waals surface area contributed by atoms with E-state index in [2.05, 4.69) is 11.4 Å². The van der Waals surface area contributed by atoms with E-state index in [0.29, 0.717) is 12.1 Å². The van der Waals surface area contributed by atoms with Gasteiger partial charge in [0.2, 0.25) is 0 Å². The molecule has 1 saturated carbocycles. The van der Waals surface area contributed by atoms with Crippen molar-refractivity contribution in [1.82, 2.24) is 0 Å². The van der Waals surface area contributed by atoms with Crippen LogP contribution in [0.5, 0.6) is 5.75 Å². The van der Waals surface area contributed by atoms with Gasteiger partial charge in [-0.1, -0.05) is 12.1 Å². The average molecular weight is 235 g/mol. The van der Waals surface area contributed by atoms with Crippen molar-refractivity contribution in [2.45, 2.75) is 44.9 Å². The number of benzene rings is 1. The molecule has 0 atom stereocenters. The molecular formula is C14H21NO2. The van der Waals surface area contributed by atoms with Crippen LogP contribution in [0.25, 0.3) is 0 Å². The first-order valence-corrected chi connectivity index (χ1v) is 6.24. The van der Waals surface area contributed by atoms with Crippen LogP contribution < -0.4 is 10.1 Å². The number of rotatable bonds is 5. The van der Waals surface area contributed by atoms with Gasteiger partial charge in [0.05, 0.1) is 17.9 Å². The SMILES string of the molecule is COC1CC(Nc2ccccc2OC(C)C)C1. The van der Waals surface area contributed by atoms with Crippen LogP contribution in [0.15, 0.2) is 24.3 Å². The second-order valence-electron chi connectivity index (χ2n) is 4.83. The van der Waals surface area contributed by atoms with E-state index >= 15 is 0 Å². The van der Waals surface area contributed by atoms with E-state index < -0.39 is 0 Å². The van der Waals surface area contributed by atoms with E-state index in [1.165, 1.54) is 0 Å². The number of hydrogen-bond donors (Lipinski definition) is 1.